The van der Waals surface area contributed by atoms with E-state index in [0.29, 0.717) is 12.8 Å². The quantitative estimate of drug-likeness (QED) is 0.0416. The van der Waals surface area contributed by atoms with Crippen molar-refractivity contribution in [1.29, 1.82) is 0 Å². The Hall–Kier alpha value is -1.62. The van der Waals surface area contributed by atoms with Crippen molar-refractivity contribution in [3.8, 4) is 0 Å². The number of carbonyl (C=O) groups excluding carboxylic acids is 2. The summed E-state index contributed by atoms with van der Waals surface area (Å²) in [6.45, 7) is 4.11. The molecule has 0 radical (unpaired) electrons. The third-order valence-corrected chi connectivity index (χ3v) is 8.75. The Labute approximate surface area is 285 Å². The smallest absolute Gasteiger partial charge is 0.306 e. The molecule has 5 heteroatoms. The van der Waals surface area contributed by atoms with Gasteiger partial charge in [0.25, 0.3) is 0 Å². The molecule has 0 bridgehead atoms. The standard InChI is InChI=1S/C41H76O5/c1-3-5-7-9-11-13-15-17-19-20-22-24-26-28-30-32-34-36-41(44)46-39(37-42)38-45-40(43)35-33-31-29-27-25-23-21-18-16-14-12-10-8-6-4-2/h12,14,18,21,39,42H,3-11,13,15-17,19-20,22-38H2,1-2H3/b14-12-,21-18-/t39-/m0/s1. The Morgan fingerprint density at radius 3 is 1.33 bits per heavy atom. The van der Waals surface area contributed by atoms with Crippen LogP contribution in [0.15, 0.2) is 24.3 Å². The molecule has 0 saturated carbocycles. The lowest BCUT2D eigenvalue weighted by Gasteiger charge is -2.15. The van der Waals surface area contributed by atoms with Gasteiger partial charge >= 0.3 is 11.9 Å². The largest absolute Gasteiger partial charge is 0.462 e. The average molecular weight is 649 g/mol. The van der Waals surface area contributed by atoms with Crippen molar-refractivity contribution in [2.75, 3.05) is 13.2 Å². The van der Waals surface area contributed by atoms with Crippen LogP contribution in [-0.2, 0) is 19.1 Å². The van der Waals surface area contributed by atoms with Gasteiger partial charge in [-0.05, 0) is 44.9 Å². The molecule has 0 aliphatic heterocycles. The molecule has 1 atom stereocenters. The fraction of sp³-hybridized carbons (Fsp3) is 0.854. The lowest BCUT2D eigenvalue weighted by atomic mass is 10.0. The zero-order chi connectivity index (χ0) is 33.6. The molecule has 46 heavy (non-hydrogen) atoms. The van der Waals surface area contributed by atoms with Crippen molar-refractivity contribution >= 4 is 11.9 Å². The van der Waals surface area contributed by atoms with Gasteiger partial charge in [-0.15, -0.1) is 0 Å². The first-order valence-corrected chi connectivity index (χ1v) is 19.9. The summed E-state index contributed by atoms with van der Waals surface area (Å²) < 4.78 is 10.6. The predicted molar refractivity (Wildman–Crippen MR) is 196 cm³/mol. The van der Waals surface area contributed by atoms with Gasteiger partial charge in [0.1, 0.15) is 6.61 Å². The topological polar surface area (TPSA) is 72.8 Å². The first-order chi connectivity index (χ1) is 22.6. The van der Waals surface area contributed by atoms with Crippen LogP contribution in [0.3, 0.4) is 0 Å². The minimum Gasteiger partial charge on any atom is -0.462 e. The van der Waals surface area contributed by atoms with Crippen LogP contribution in [0.2, 0.25) is 0 Å². The Bertz CT molecular complexity index is 701. The van der Waals surface area contributed by atoms with Gasteiger partial charge in [-0.2, -0.15) is 0 Å². The zero-order valence-electron chi connectivity index (χ0n) is 30.6. The van der Waals surface area contributed by atoms with Gasteiger partial charge in [0.2, 0.25) is 0 Å². The van der Waals surface area contributed by atoms with Gasteiger partial charge in [0.05, 0.1) is 6.61 Å². The second-order valence-corrected chi connectivity index (χ2v) is 13.4. The highest BCUT2D eigenvalue weighted by Crippen LogP contribution is 2.15. The summed E-state index contributed by atoms with van der Waals surface area (Å²) in [5, 5.41) is 9.55. The second kappa shape index (κ2) is 37.8. The lowest BCUT2D eigenvalue weighted by Crippen LogP contribution is -2.28. The van der Waals surface area contributed by atoms with Gasteiger partial charge in [-0.3, -0.25) is 9.59 Å². The van der Waals surface area contributed by atoms with Crippen LogP contribution in [0, 0.1) is 0 Å². The van der Waals surface area contributed by atoms with Crippen LogP contribution in [0.1, 0.15) is 206 Å². The molecule has 1 N–H and O–H groups in total. The third-order valence-electron chi connectivity index (χ3n) is 8.75. The summed E-state index contributed by atoms with van der Waals surface area (Å²) >= 11 is 0. The van der Waals surface area contributed by atoms with E-state index in [0.717, 1.165) is 51.4 Å². The number of aliphatic hydroxyl groups excluding tert-OH is 1. The molecule has 0 aromatic rings. The van der Waals surface area contributed by atoms with E-state index in [2.05, 4.69) is 38.2 Å². The molecule has 0 aliphatic carbocycles. The number of hydrogen-bond acceptors (Lipinski definition) is 5. The predicted octanol–water partition coefficient (Wildman–Crippen LogP) is 12.3. The number of ether oxygens (including phenoxy) is 2. The van der Waals surface area contributed by atoms with E-state index < -0.39 is 6.10 Å². The average Bonchev–Trinajstić information content (AvgIpc) is 3.06. The molecule has 5 nitrogen and oxygen atoms in total. The van der Waals surface area contributed by atoms with Gasteiger partial charge < -0.3 is 14.6 Å². The van der Waals surface area contributed by atoms with Crippen LogP contribution in [0.5, 0.6) is 0 Å². The molecule has 0 heterocycles. The Kier molecular flexibility index (Phi) is 36.5. The normalized spacial score (nSPS) is 12.3. The molecular formula is C41H76O5. The Morgan fingerprint density at radius 2 is 0.870 bits per heavy atom. The van der Waals surface area contributed by atoms with E-state index in [9.17, 15) is 14.7 Å². The highest BCUT2D eigenvalue weighted by molar-refractivity contribution is 5.70. The number of carbonyl (C=O) groups is 2. The van der Waals surface area contributed by atoms with Gasteiger partial charge in [0, 0.05) is 12.8 Å². The van der Waals surface area contributed by atoms with Crippen LogP contribution in [0.25, 0.3) is 0 Å². The number of esters is 2. The van der Waals surface area contributed by atoms with E-state index >= 15 is 0 Å². The maximum atomic E-state index is 12.2. The third kappa shape index (κ3) is 35.2. The number of hydrogen-bond donors (Lipinski definition) is 1. The summed E-state index contributed by atoms with van der Waals surface area (Å²) in [5.74, 6) is -0.599. The summed E-state index contributed by atoms with van der Waals surface area (Å²) in [6, 6.07) is 0. The van der Waals surface area contributed by atoms with Gasteiger partial charge in [-0.1, -0.05) is 173 Å². The van der Waals surface area contributed by atoms with Crippen molar-refractivity contribution < 1.29 is 24.2 Å². The van der Waals surface area contributed by atoms with E-state index in [1.54, 1.807) is 0 Å². The minimum atomic E-state index is -0.771. The summed E-state index contributed by atoms with van der Waals surface area (Å²) in [4.78, 5) is 24.2. The molecule has 0 aromatic carbocycles. The van der Waals surface area contributed by atoms with Crippen LogP contribution < -0.4 is 0 Å². The molecule has 0 aliphatic rings. The number of aliphatic hydroxyl groups is 1. The number of allylic oxidation sites excluding steroid dienone is 4. The van der Waals surface area contributed by atoms with Crippen molar-refractivity contribution in [3.05, 3.63) is 24.3 Å². The summed E-state index contributed by atoms with van der Waals surface area (Å²) in [6.07, 6.45) is 43.8. The molecule has 0 saturated heterocycles. The SMILES string of the molecule is CCCCC/C=C\C/C=C\CCCCCCCC(=O)OC[C@H](CO)OC(=O)CCCCCCCCCCCCCCCCCCC. The minimum absolute atomic E-state index is 0.0691. The highest BCUT2D eigenvalue weighted by Gasteiger charge is 2.16. The molecule has 0 amide bonds. The van der Waals surface area contributed by atoms with Crippen molar-refractivity contribution in [2.24, 2.45) is 0 Å². The van der Waals surface area contributed by atoms with E-state index in [1.807, 2.05) is 0 Å². The maximum absolute atomic E-state index is 12.2. The first-order valence-electron chi connectivity index (χ1n) is 19.9. The summed E-state index contributed by atoms with van der Waals surface area (Å²) in [7, 11) is 0. The van der Waals surface area contributed by atoms with Crippen LogP contribution in [0.4, 0.5) is 0 Å². The van der Waals surface area contributed by atoms with E-state index in [1.165, 1.54) is 128 Å². The fourth-order valence-electron chi connectivity index (χ4n) is 5.70. The first kappa shape index (κ1) is 44.4. The molecule has 0 fully saturated rings. The lowest BCUT2D eigenvalue weighted by molar-refractivity contribution is -0.161. The molecule has 0 aromatic heterocycles. The molecule has 0 rings (SSSR count). The van der Waals surface area contributed by atoms with E-state index in [-0.39, 0.29) is 25.2 Å². The second-order valence-electron chi connectivity index (χ2n) is 13.4. The zero-order valence-corrected chi connectivity index (χ0v) is 30.6. The monoisotopic (exact) mass is 649 g/mol. The van der Waals surface area contributed by atoms with Gasteiger partial charge in [0.15, 0.2) is 6.10 Å². The number of unbranched alkanes of at least 4 members (excludes halogenated alkanes) is 24. The summed E-state index contributed by atoms with van der Waals surface area (Å²) in [5.41, 5.74) is 0. The molecule has 0 unspecified atom stereocenters. The van der Waals surface area contributed by atoms with Crippen LogP contribution in [-0.4, -0.2) is 36.4 Å². The molecule has 270 valence electrons. The molecule has 0 spiro atoms. The van der Waals surface area contributed by atoms with E-state index in [4.69, 9.17) is 9.47 Å². The maximum Gasteiger partial charge on any atom is 0.306 e. The molecular weight excluding hydrogens is 572 g/mol. The Balaban J connectivity index is 3.54. The van der Waals surface area contributed by atoms with Crippen molar-refractivity contribution in [2.45, 2.75) is 213 Å². The highest BCUT2D eigenvalue weighted by atomic mass is 16.6. The van der Waals surface area contributed by atoms with Crippen molar-refractivity contribution in [1.82, 2.24) is 0 Å². The number of rotatable bonds is 36. The van der Waals surface area contributed by atoms with Crippen LogP contribution >= 0.6 is 0 Å². The fourth-order valence-corrected chi connectivity index (χ4v) is 5.70. The van der Waals surface area contributed by atoms with Crippen molar-refractivity contribution in [3.63, 3.8) is 0 Å². The van der Waals surface area contributed by atoms with Gasteiger partial charge in [-0.25, -0.2) is 0 Å². The Morgan fingerprint density at radius 1 is 0.500 bits per heavy atom.